The number of ether oxygens (including phenoxy) is 2. The molecule has 8 nitrogen and oxygen atoms in total. The Balaban J connectivity index is 1.52. The van der Waals surface area contributed by atoms with E-state index in [1.807, 2.05) is 18.1 Å². The topological polar surface area (TPSA) is 76.8 Å². The lowest BCUT2D eigenvalue weighted by atomic mass is 10.1. The molecule has 0 aliphatic carbocycles. The highest BCUT2D eigenvalue weighted by atomic mass is 19.4. The first kappa shape index (κ1) is 20.9. The second-order valence-corrected chi connectivity index (χ2v) is 6.43. The van der Waals surface area contributed by atoms with E-state index in [0.29, 0.717) is 25.7 Å². The standard InChI is InChI=1S/C18H23F3N6O2/c1-22-17(27-7-9-28-15(12-27)13-10-25-26(2)11-13)24-6-8-29-16-14(18(19,20)21)4-3-5-23-16/h3-5,10-11,15H,6-9,12H2,1-2H3,(H,22,24). The van der Waals surface area contributed by atoms with Crippen molar-refractivity contribution in [3.63, 3.8) is 0 Å². The van der Waals surface area contributed by atoms with Crippen LogP contribution in [0.3, 0.4) is 0 Å². The van der Waals surface area contributed by atoms with Crippen LogP contribution in [-0.2, 0) is 18.0 Å². The molecule has 3 heterocycles. The van der Waals surface area contributed by atoms with Crippen LogP contribution in [0.5, 0.6) is 5.88 Å². The Morgan fingerprint density at radius 3 is 2.97 bits per heavy atom. The molecule has 1 fully saturated rings. The van der Waals surface area contributed by atoms with Crippen molar-refractivity contribution >= 4 is 5.96 Å². The van der Waals surface area contributed by atoms with E-state index in [-0.39, 0.29) is 19.3 Å². The third-order valence-electron chi connectivity index (χ3n) is 4.37. The average molecular weight is 412 g/mol. The summed E-state index contributed by atoms with van der Waals surface area (Å²) < 4.78 is 51.7. The van der Waals surface area contributed by atoms with Gasteiger partial charge in [0.2, 0.25) is 5.88 Å². The Bertz CT molecular complexity index is 839. The Hall–Kier alpha value is -2.82. The minimum absolute atomic E-state index is 0.00941. The number of aryl methyl sites for hydroxylation is 1. The van der Waals surface area contributed by atoms with Crippen LogP contribution in [0, 0.1) is 0 Å². The van der Waals surface area contributed by atoms with Gasteiger partial charge in [-0.05, 0) is 12.1 Å². The number of rotatable bonds is 5. The summed E-state index contributed by atoms with van der Waals surface area (Å²) in [5.41, 5.74) is 0.0858. The molecule has 3 rings (SSSR count). The molecule has 158 valence electrons. The number of aromatic nitrogens is 3. The lowest BCUT2D eigenvalue weighted by Gasteiger charge is -2.34. The van der Waals surface area contributed by atoms with Gasteiger partial charge in [0.1, 0.15) is 18.3 Å². The largest absolute Gasteiger partial charge is 0.475 e. The molecule has 0 spiro atoms. The Morgan fingerprint density at radius 2 is 2.28 bits per heavy atom. The maximum absolute atomic E-state index is 13.0. The third kappa shape index (κ3) is 5.37. The van der Waals surface area contributed by atoms with Crippen LogP contribution in [0.15, 0.2) is 35.7 Å². The molecule has 0 aromatic carbocycles. The number of pyridine rings is 1. The number of aliphatic imine (C=N–C) groups is 1. The summed E-state index contributed by atoms with van der Waals surface area (Å²) >= 11 is 0. The van der Waals surface area contributed by atoms with Crippen LogP contribution in [0.25, 0.3) is 0 Å². The van der Waals surface area contributed by atoms with E-state index in [9.17, 15) is 13.2 Å². The van der Waals surface area contributed by atoms with Crippen molar-refractivity contribution in [3.8, 4) is 5.88 Å². The average Bonchev–Trinajstić information content (AvgIpc) is 3.14. The number of hydrogen-bond acceptors (Lipinski definition) is 5. The van der Waals surface area contributed by atoms with Gasteiger partial charge in [-0.1, -0.05) is 0 Å². The van der Waals surface area contributed by atoms with E-state index in [4.69, 9.17) is 9.47 Å². The number of morpholine rings is 1. The fourth-order valence-electron chi connectivity index (χ4n) is 3.01. The highest BCUT2D eigenvalue weighted by Crippen LogP contribution is 2.34. The summed E-state index contributed by atoms with van der Waals surface area (Å²) in [5, 5.41) is 7.28. The van der Waals surface area contributed by atoms with Crippen LogP contribution in [0.2, 0.25) is 0 Å². The van der Waals surface area contributed by atoms with Crippen molar-refractivity contribution in [1.29, 1.82) is 0 Å². The van der Waals surface area contributed by atoms with Crippen molar-refractivity contribution in [3.05, 3.63) is 41.9 Å². The summed E-state index contributed by atoms with van der Waals surface area (Å²) in [6.07, 6.45) is 0.299. The van der Waals surface area contributed by atoms with Crippen molar-refractivity contribution < 1.29 is 22.6 Å². The van der Waals surface area contributed by atoms with Gasteiger partial charge in [-0.15, -0.1) is 0 Å². The first-order valence-electron chi connectivity index (χ1n) is 9.09. The number of guanidine groups is 1. The summed E-state index contributed by atoms with van der Waals surface area (Å²) in [5.74, 6) is 0.197. The maximum Gasteiger partial charge on any atom is 0.421 e. The number of halogens is 3. The molecule has 1 aliphatic rings. The Labute approximate surface area is 166 Å². The molecule has 0 radical (unpaired) electrons. The van der Waals surface area contributed by atoms with Gasteiger partial charge >= 0.3 is 6.18 Å². The molecule has 11 heteroatoms. The number of nitrogens with one attached hydrogen (secondary N) is 1. The quantitative estimate of drug-likeness (QED) is 0.459. The van der Waals surface area contributed by atoms with E-state index >= 15 is 0 Å². The normalized spacial score (nSPS) is 18.0. The Morgan fingerprint density at radius 1 is 1.45 bits per heavy atom. The fourth-order valence-corrected chi connectivity index (χ4v) is 3.01. The number of alkyl halides is 3. The molecule has 2 aromatic heterocycles. The van der Waals surface area contributed by atoms with Crippen LogP contribution in [0.1, 0.15) is 17.2 Å². The first-order valence-corrected chi connectivity index (χ1v) is 9.09. The van der Waals surface area contributed by atoms with Crippen LogP contribution in [-0.4, -0.2) is 65.5 Å². The molecule has 1 unspecified atom stereocenters. The minimum atomic E-state index is -4.51. The molecule has 1 saturated heterocycles. The lowest BCUT2D eigenvalue weighted by Crippen LogP contribution is -2.48. The van der Waals surface area contributed by atoms with Gasteiger partial charge in [0, 0.05) is 38.6 Å². The molecule has 1 N–H and O–H groups in total. The van der Waals surface area contributed by atoms with Gasteiger partial charge in [0.15, 0.2) is 5.96 Å². The van der Waals surface area contributed by atoms with Crippen molar-refractivity contribution in [2.45, 2.75) is 12.3 Å². The van der Waals surface area contributed by atoms with Crippen molar-refractivity contribution in [1.82, 2.24) is 25.0 Å². The van der Waals surface area contributed by atoms with Gasteiger partial charge in [0.05, 0.1) is 25.9 Å². The predicted octanol–water partition coefficient (Wildman–Crippen LogP) is 1.86. The fraction of sp³-hybridized carbons (Fsp3) is 0.500. The second kappa shape index (κ2) is 9.12. The van der Waals surface area contributed by atoms with Gasteiger partial charge in [0.25, 0.3) is 0 Å². The van der Waals surface area contributed by atoms with Crippen LogP contribution < -0.4 is 10.1 Å². The minimum Gasteiger partial charge on any atom is -0.475 e. The van der Waals surface area contributed by atoms with Gasteiger partial charge in [-0.2, -0.15) is 18.3 Å². The summed E-state index contributed by atoms with van der Waals surface area (Å²) in [7, 11) is 3.49. The van der Waals surface area contributed by atoms with E-state index in [0.717, 1.165) is 11.6 Å². The molecule has 1 aliphatic heterocycles. The predicted molar refractivity (Wildman–Crippen MR) is 99.6 cm³/mol. The van der Waals surface area contributed by atoms with E-state index in [1.165, 1.54) is 12.3 Å². The third-order valence-corrected chi connectivity index (χ3v) is 4.37. The zero-order valence-corrected chi connectivity index (χ0v) is 16.2. The van der Waals surface area contributed by atoms with Crippen molar-refractivity contribution in [2.75, 3.05) is 39.9 Å². The second-order valence-electron chi connectivity index (χ2n) is 6.43. The van der Waals surface area contributed by atoms with Gasteiger partial charge in [-0.3, -0.25) is 9.67 Å². The smallest absolute Gasteiger partial charge is 0.421 e. The number of hydrogen-bond donors (Lipinski definition) is 1. The maximum atomic E-state index is 13.0. The van der Waals surface area contributed by atoms with Gasteiger partial charge in [-0.25, -0.2) is 4.98 Å². The summed E-state index contributed by atoms with van der Waals surface area (Å²) in [4.78, 5) is 9.96. The zero-order chi connectivity index (χ0) is 20.9. The van der Waals surface area contributed by atoms with Crippen molar-refractivity contribution in [2.24, 2.45) is 12.0 Å². The molecule has 2 aromatic rings. The molecule has 0 amide bonds. The number of nitrogens with zero attached hydrogens (tertiary/aromatic N) is 5. The zero-order valence-electron chi connectivity index (χ0n) is 16.2. The Kier molecular flexibility index (Phi) is 6.57. The lowest BCUT2D eigenvalue weighted by molar-refractivity contribution is -0.139. The molecule has 0 saturated carbocycles. The monoisotopic (exact) mass is 412 g/mol. The van der Waals surface area contributed by atoms with E-state index in [2.05, 4.69) is 20.4 Å². The molecule has 0 bridgehead atoms. The molecular formula is C18H23F3N6O2. The van der Waals surface area contributed by atoms with E-state index < -0.39 is 17.6 Å². The highest BCUT2D eigenvalue weighted by Gasteiger charge is 2.35. The summed E-state index contributed by atoms with van der Waals surface area (Å²) in [6.45, 7) is 2.05. The molecule has 1 atom stereocenters. The van der Waals surface area contributed by atoms with Crippen LogP contribution >= 0.6 is 0 Å². The van der Waals surface area contributed by atoms with Gasteiger partial charge < -0.3 is 19.7 Å². The molecular weight excluding hydrogens is 389 g/mol. The SMILES string of the molecule is CN=C(NCCOc1ncccc1C(F)(F)F)N1CCOC(c2cnn(C)c2)C1. The van der Waals surface area contributed by atoms with Crippen LogP contribution in [0.4, 0.5) is 13.2 Å². The molecule has 29 heavy (non-hydrogen) atoms. The highest BCUT2D eigenvalue weighted by molar-refractivity contribution is 5.80. The van der Waals surface area contributed by atoms with E-state index in [1.54, 1.807) is 17.9 Å². The summed E-state index contributed by atoms with van der Waals surface area (Å²) in [6, 6.07) is 2.17. The first-order chi connectivity index (χ1) is 13.9.